The number of pyridine rings is 1. The third-order valence-electron chi connectivity index (χ3n) is 6.94. The highest BCUT2D eigenvalue weighted by atomic mass is 19.4. The summed E-state index contributed by atoms with van der Waals surface area (Å²) in [6.07, 6.45) is -3.65. The van der Waals surface area contributed by atoms with Crippen LogP contribution in [0.1, 0.15) is 60.3 Å². The molecule has 4 rings (SSSR count). The van der Waals surface area contributed by atoms with Crippen molar-refractivity contribution in [2.45, 2.75) is 70.0 Å². The minimum Gasteiger partial charge on any atom is -0.482 e. The first kappa shape index (κ1) is 29.8. The number of aryl methyl sites for hydroxylation is 1. The largest absolute Gasteiger partial charge is 0.482 e. The van der Waals surface area contributed by atoms with Crippen LogP contribution in [0.5, 0.6) is 5.75 Å². The number of carbonyl (C=O) groups is 4. The Balaban J connectivity index is 1.39. The molecular formula is C28H31F3N4O6. The number of esters is 1. The van der Waals surface area contributed by atoms with Crippen LogP contribution in [0, 0.1) is 6.92 Å². The highest BCUT2D eigenvalue weighted by molar-refractivity contribution is 5.92. The van der Waals surface area contributed by atoms with Gasteiger partial charge in [-0.3, -0.25) is 19.2 Å². The SMILES string of the molecule is Cc1ccc([C@@H](Oc2ccc(C(=O)N[C@H]3CCCN(C(=O)[C@H]4CCC(=O)O4)C3)nc2)[C@H](C)NC(=O)C(F)(F)F)cc1. The normalized spacial score (nSPS) is 20.5. The molecule has 1 aromatic carbocycles. The van der Waals surface area contributed by atoms with Gasteiger partial charge in [0.1, 0.15) is 17.5 Å². The van der Waals surface area contributed by atoms with Crippen LogP contribution in [-0.4, -0.2) is 71.0 Å². The van der Waals surface area contributed by atoms with Crippen molar-refractivity contribution in [3.8, 4) is 5.75 Å². The number of nitrogens with one attached hydrogen (secondary N) is 2. The molecule has 2 aliphatic heterocycles. The van der Waals surface area contributed by atoms with E-state index in [-0.39, 0.29) is 36.4 Å². The van der Waals surface area contributed by atoms with Gasteiger partial charge in [-0.1, -0.05) is 29.8 Å². The summed E-state index contributed by atoms with van der Waals surface area (Å²) >= 11 is 0. The molecule has 1 aromatic heterocycles. The monoisotopic (exact) mass is 576 g/mol. The van der Waals surface area contributed by atoms with Gasteiger partial charge in [-0.2, -0.15) is 13.2 Å². The van der Waals surface area contributed by atoms with Crippen molar-refractivity contribution in [1.29, 1.82) is 0 Å². The molecular weight excluding hydrogens is 545 g/mol. The molecule has 13 heteroatoms. The van der Waals surface area contributed by atoms with Gasteiger partial charge in [0.05, 0.1) is 12.2 Å². The summed E-state index contributed by atoms with van der Waals surface area (Å²) in [4.78, 5) is 54.2. The van der Waals surface area contributed by atoms with Gasteiger partial charge in [0.15, 0.2) is 6.10 Å². The van der Waals surface area contributed by atoms with Crippen molar-refractivity contribution in [3.05, 3.63) is 59.4 Å². The molecule has 0 unspecified atom stereocenters. The van der Waals surface area contributed by atoms with E-state index in [1.807, 2.05) is 12.2 Å². The first-order valence-electron chi connectivity index (χ1n) is 13.3. The van der Waals surface area contributed by atoms with Crippen LogP contribution in [0.2, 0.25) is 0 Å². The number of carbonyl (C=O) groups excluding carboxylic acids is 4. The maximum absolute atomic E-state index is 12.9. The zero-order chi connectivity index (χ0) is 29.7. The van der Waals surface area contributed by atoms with E-state index in [9.17, 15) is 32.3 Å². The van der Waals surface area contributed by atoms with Crippen LogP contribution in [0.15, 0.2) is 42.6 Å². The molecule has 0 bridgehead atoms. The molecule has 220 valence electrons. The molecule has 3 amide bonds. The summed E-state index contributed by atoms with van der Waals surface area (Å²) in [5, 5.41) is 4.80. The number of amides is 3. The number of alkyl halides is 3. The standard InChI is InChI=1S/C28H31F3N4O6/c1-16-5-7-18(8-6-16)24(17(2)33-27(39)28(29,30)31)40-20-9-10-21(32-14-20)25(37)34-19-4-3-13-35(15-19)26(38)22-11-12-23(36)41-22/h5-10,14,17,19,22,24H,3-4,11-13,15H2,1-2H3,(H,33,39)(H,34,37)/t17-,19-,22+,24-/m0/s1. The lowest BCUT2D eigenvalue weighted by atomic mass is 10.0. The predicted molar refractivity (Wildman–Crippen MR) is 139 cm³/mol. The van der Waals surface area contributed by atoms with Gasteiger partial charge in [0.2, 0.25) is 0 Å². The quantitative estimate of drug-likeness (QED) is 0.463. The smallest absolute Gasteiger partial charge is 0.471 e. The second-order valence-electron chi connectivity index (χ2n) is 10.2. The molecule has 3 heterocycles. The third kappa shape index (κ3) is 7.74. The van der Waals surface area contributed by atoms with Crippen molar-refractivity contribution in [1.82, 2.24) is 20.5 Å². The molecule has 0 spiro atoms. The van der Waals surface area contributed by atoms with Crippen molar-refractivity contribution in [2.24, 2.45) is 0 Å². The van der Waals surface area contributed by atoms with E-state index in [4.69, 9.17) is 9.47 Å². The Kier molecular flexibility index (Phi) is 9.14. The zero-order valence-corrected chi connectivity index (χ0v) is 22.6. The van der Waals surface area contributed by atoms with Gasteiger partial charge in [0.25, 0.3) is 11.8 Å². The van der Waals surface area contributed by atoms with Crippen LogP contribution in [0.25, 0.3) is 0 Å². The summed E-state index contributed by atoms with van der Waals surface area (Å²) in [6.45, 7) is 4.04. The fourth-order valence-electron chi connectivity index (χ4n) is 4.77. The maximum Gasteiger partial charge on any atom is 0.471 e. The number of aromatic nitrogens is 1. The second kappa shape index (κ2) is 12.6. The van der Waals surface area contributed by atoms with Crippen LogP contribution in [0.4, 0.5) is 13.2 Å². The molecule has 2 fully saturated rings. The Hall–Kier alpha value is -4.16. The van der Waals surface area contributed by atoms with Gasteiger partial charge in [0, 0.05) is 32.0 Å². The maximum atomic E-state index is 12.9. The molecule has 0 aliphatic carbocycles. The predicted octanol–water partition coefficient (Wildman–Crippen LogP) is 3.00. The van der Waals surface area contributed by atoms with Crippen LogP contribution < -0.4 is 15.4 Å². The van der Waals surface area contributed by atoms with E-state index in [1.165, 1.54) is 25.3 Å². The Morgan fingerprint density at radius 2 is 1.85 bits per heavy atom. The average molecular weight is 577 g/mol. The highest BCUT2D eigenvalue weighted by Gasteiger charge is 2.40. The average Bonchev–Trinajstić information content (AvgIpc) is 3.38. The number of benzene rings is 1. The van der Waals surface area contributed by atoms with E-state index < -0.39 is 42.2 Å². The van der Waals surface area contributed by atoms with Gasteiger partial charge in [-0.05, 0) is 44.4 Å². The molecule has 2 aromatic rings. The van der Waals surface area contributed by atoms with E-state index in [2.05, 4.69) is 10.3 Å². The lowest BCUT2D eigenvalue weighted by Gasteiger charge is -2.34. The van der Waals surface area contributed by atoms with Gasteiger partial charge in [-0.25, -0.2) is 4.98 Å². The summed E-state index contributed by atoms with van der Waals surface area (Å²) in [5.41, 5.74) is 1.55. The molecule has 2 saturated heterocycles. The fraction of sp³-hybridized carbons (Fsp3) is 0.464. The molecule has 41 heavy (non-hydrogen) atoms. The number of likely N-dealkylation sites (tertiary alicyclic amines) is 1. The number of hydrogen-bond acceptors (Lipinski definition) is 7. The number of piperidine rings is 1. The number of hydrogen-bond donors (Lipinski definition) is 2. The zero-order valence-electron chi connectivity index (χ0n) is 22.6. The molecule has 10 nitrogen and oxygen atoms in total. The van der Waals surface area contributed by atoms with Crippen molar-refractivity contribution >= 4 is 23.7 Å². The Bertz CT molecular complexity index is 1270. The minimum absolute atomic E-state index is 0.0795. The lowest BCUT2D eigenvalue weighted by Crippen LogP contribution is -2.52. The Morgan fingerprint density at radius 3 is 2.46 bits per heavy atom. The van der Waals surface area contributed by atoms with E-state index in [1.54, 1.807) is 29.2 Å². The van der Waals surface area contributed by atoms with Gasteiger partial charge in [-0.15, -0.1) is 0 Å². The third-order valence-corrected chi connectivity index (χ3v) is 6.94. The summed E-state index contributed by atoms with van der Waals surface area (Å²) in [5.74, 6) is -3.03. The summed E-state index contributed by atoms with van der Waals surface area (Å²) in [7, 11) is 0. The fourth-order valence-corrected chi connectivity index (χ4v) is 4.77. The topological polar surface area (TPSA) is 127 Å². The number of ether oxygens (including phenoxy) is 2. The minimum atomic E-state index is -5.05. The summed E-state index contributed by atoms with van der Waals surface area (Å²) in [6, 6.07) is 8.44. The molecule has 2 aliphatic rings. The molecule has 0 radical (unpaired) electrons. The van der Waals surface area contributed by atoms with Crippen LogP contribution in [0.3, 0.4) is 0 Å². The van der Waals surface area contributed by atoms with Crippen molar-refractivity contribution in [2.75, 3.05) is 13.1 Å². The highest BCUT2D eigenvalue weighted by Crippen LogP contribution is 2.27. The summed E-state index contributed by atoms with van der Waals surface area (Å²) < 4.78 is 49.6. The molecule has 2 N–H and O–H groups in total. The molecule has 0 saturated carbocycles. The van der Waals surface area contributed by atoms with Crippen LogP contribution >= 0.6 is 0 Å². The molecule has 4 atom stereocenters. The van der Waals surface area contributed by atoms with Crippen molar-refractivity contribution < 1.29 is 41.8 Å². The number of nitrogens with zero attached hydrogens (tertiary/aromatic N) is 2. The van der Waals surface area contributed by atoms with Gasteiger partial charge >= 0.3 is 18.1 Å². The first-order chi connectivity index (χ1) is 19.4. The Morgan fingerprint density at radius 1 is 1.12 bits per heavy atom. The van der Waals surface area contributed by atoms with E-state index in [0.717, 1.165) is 5.56 Å². The second-order valence-corrected chi connectivity index (χ2v) is 10.2. The number of rotatable bonds is 8. The van der Waals surface area contributed by atoms with E-state index >= 15 is 0 Å². The Labute approximate surface area is 234 Å². The first-order valence-corrected chi connectivity index (χ1v) is 13.3. The number of halogens is 3. The number of cyclic esters (lactones) is 1. The van der Waals surface area contributed by atoms with E-state index in [0.29, 0.717) is 31.4 Å². The van der Waals surface area contributed by atoms with Crippen molar-refractivity contribution in [3.63, 3.8) is 0 Å². The van der Waals surface area contributed by atoms with Gasteiger partial charge < -0.3 is 25.0 Å². The van der Waals surface area contributed by atoms with Crippen LogP contribution in [-0.2, 0) is 19.1 Å². The lowest BCUT2D eigenvalue weighted by molar-refractivity contribution is -0.174.